The molecule has 0 atom stereocenters. The van der Waals surface area contributed by atoms with Gasteiger partial charge in [0.25, 0.3) is 0 Å². The van der Waals surface area contributed by atoms with Crippen LogP contribution in [0.15, 0.2) is 42.6 Å². The molecule has 0 radical (unpaired) electrons. The monoisotopic (exact) mass is 323 g/mol. The molecule has 0 bridgehead atoms. The van der Waals surface area contributed by atoms with E-state index in [2.05, 4.69) is 39.5 Å². The molecule has 24 heavy (non-hydrogen) atoms. The van der Waals surface area contributed by atoms with Gasteiger partial charge in [-0.25, -0.2) is 4.98 Å². The number of anilines is 1. The Morgan fingerprint density at radius 3 is 2.67 bits per heavy atom. The van der Waals surface area contributed by atoms with Crippen LogP contribution in [0, 0.1) is 5.41 Å². The van der Waals surface area contributed by atoms with Crippen molar-refractivity contribution in [3.05, 3.63) is 59.3 Å². The van der Waals surface area contributed by atoms with E-state index in [0.29, 0.717) is 6.54 Å². The van der Waals surface area contributed by atoms with E-state index >= 15 is 0 Å². The number of amides is 1. The van der Waals surface area contributed by atoms with Crippen molar-refractivity contribution >= 4 is 11.7 Å². The summed E-state index contributed by atoms with van der Waals surface area (Å²) in [5.74, 6) is 1.03. The number of rotatable bonds is 3. The highest BCUT2D eigenvalue weighted by atomic mass is 16.2. The normalized spacial score (nSPS) is 14.2. The van der Waals surface area contributed by atoms with E-state index in [1.807, 2.05) is 39.1 Å². The van der Waals surface area contributed by atoms with Crippen LogP contribution in [0.4, 0.5) is 5.82 Å². The zero-order chi connectivity index (χ0) is 17.2. The number of pyridine rings is 1. The van der Waals surface area contributed by atoms with Crippen molar-refractivity contribution < 1.29 is 4.79 Å². The molecular weight excluding hydrogens is 298 g/mol. The third kappa shape index (κ3) is 3.58. The molecule has 1 aromatic carbocycles. The first-order valence-electron chi connectivity index (χ1n) is 8.49. The van der Waals surface area contributed by atoms with Crippen molar-refractivity contribution in [1.82, 2.24) is 10.3 Å². The highest BCUT2D eigenvalue weighted by Crippen LogP contribution is 2.25. The van der Waals surface area contributed by atoms with Crippen LogP contribution >= 0.6 is 0 Å². The molecule has 4 heteroatoms. The standard InChI is InChI=1S/C20H25N3O/c1-20(2,3)19(24)22-13-16-9-6-11-21-18(16)23-12-10-15-7-4-5-8-17(15)14-23/h4-9,11H,10,12-14H2,1-3H3,(H,22,24). The van der Waals surface area contributed by atoms with Crippen molar-refractivity contribution in [2.24, 2.45) is 5.41 Å². The van der Waals surface area contributed by atoms with E-state index in [-0.39, 0.29) is 11.3 Å². The van der Waals surface area contributed by atoms with Gasteiger partial charge in [-0.2, -0.15) is 0 Å². The average Bonchev–Trinajstić information content (AvgIpc) is 2.58. The number of nitrogens with zero attached hydrogens (tertiary/aromatic N) is 2. The number of aromatic nitrogens is 1. The van der Waals surface area contributed by atoms with Gasteiger partial charge in [-0.05, 0) is 23.6 Å². The maximum atomic E-state index is 12.1. The quantitative estimate of drug-likeness (QED) is 0.942. The highest BCUT2D eigenvalue weighted by molar-refractivity contribution is 5.81. The molecule has 4 nitrogen and oxygen atoms in total. The number of carbonyl (C=O) groups excluding carboxylic acids is 1. The zero-order valence-corrected chi connectivity index (χ0v) is 14.7. The van der Waals surface area contributed by atoms with Gasteiger partial charge in [-0.1, -0.05) is 51.1 Å². The van der Waals surface area contributed by atoms with Crippen LogP contribution in [0.1, 0.15) is 37.5 Å². The molecule has 0 aliphatic carbocycles. The number of hydrogen-bond donors (Lipinski definition) is 1. The summed E-state index contributed by atoms with van der Waals surface area (Å²) in [5, 5.41) is 3.03. The van der Waals surface area contributed by atoms with Crippen LogP contribution in [0.3, 0.4) is 0 Å². The van der Waals surface area contributed by atoms with Crippen molar-refractivity contribution in [1.29, 1.82) is 0 Å². The Labute approximate surface area is 143 Å². The number of carbonyl (C=O) groups is 1. The van der Waals surface area contributed by atoms with E-state index in [0.717, 1.165) is 30.9 Å². The van der Waals surface area contributed by atoms with Gasteiger partial charge < -0.3 is 10.2 Å². The maximum Gasteiger partial charge on any atom is 0.225 e. The van der Waals surface area contributed by atoms with Crippen LogP contribution in [0.25, 0.3) is 0 Å². The number of fused-ring (bicyclic) bond motifs is 1. The molecule has 0 unspecified atom stereocenters. The first kappa shape index (κ1) is 16.5. The molecule has 3 rings (SSSR count). The van der Waals surface area contributed by atoms with Crippen molar-refractivity contribution in [2.45, 2.75) is 40.3 Å². The fourth-order valence-corrected chi connectivity index (χ4v) is 2.97. The Morgan fingerprint density at radius 1 is 1.17 bits per heavy atom. The summed E-state index contributed by atoms with van der Waals surface area (Å²) in [5.41, 5.74) is 3.47. The van der Waals surface area contributed by atoms with Gasteiger partial charge in [0.15, 0.2) is 0 Å². The summed E-state index contributed by atoms with van der Waals surface area (Å²) in [7, 11) is 0. The Hall–Kier alpha value is -2.36. The molecule has 0 saturated heterocycles. The smallest absolute Gasteiger partial charge is 0.225 e. The number of nitrogens with one attached hydrogen (secondary N) is 1. The summed E-state index contributed by atoms with van der Waals surface area (Å²) in [6, 6.07) is 12.6. The summed E-state index contributed by atoms with van der Waals surface area (Å²) < 4.78 is 0. The van der Waals surface area contributed by atoms with Crippen molar-refractivity contribution in [3.63, 3.8) is 0 Å². The lowest BCUT2D eigenvalue weighted by atomic mass is 9.95. The molecule has 0 fully saturated rings. The third-order valence-corrected chi connectivity index (χ3v) is 4.42. The lowest BCUT2D eigenvalue weighted by Crippen LogP contribution is -2.36. The number of benzene rings is 1. The summed E-state index contributed by atoms with van der Waals surface area (Å²) in [6.45, 7) is 8.11. The van der Waals surface area contributed by atoms with Crippen LogP contribution in [-0.4, -0.2) is 17.4 Å². The predicted molar refractivity (Wildman–Crippen MR) is 96.7 cm³/mol. The highest BCUT2D eigenvalue weighted by Gasteiger charge is 2.22. The van der Waals surface area contributed by atoms with Gasteiger partial charge in [-0.15, -0.1) is 0 Å². The largest absolute Gasteiger partial charge is 0.352 e. The molecule has 0 spiro atoms. The summed E-state index contributed by atoms with van der Waals surface area (Å²) in [6.07, 6.45) is 2.85. The Morgan fingerprint density at radius 2 is 1.92 bits per heavy atom. The SMILES string of the molecule is CC(C)(C)C(=O)NCc1cccnc1N1CCc2ccccc2C1. The molecule has 1 aromatic heterocycles. The van der Waals surface area contributed by atoms with E-state index in [1.165, 1.54) is 11.1 Å². The Bertz CT molecular complexity index is 734. The van der Waals surface area contributed by atoms with Gasteiger partial charge in [0.2, 0.25) is 5.91 Å². The molecular formula is C20H25N3O. The summed E-state index contributed by atoms with van der Waals surface area (Å²) >= 11 is 0. The lowest BCUT2D eigenvalue weighted by molar-refractivity contribution is -0.128. The minimum absolute atomic E-state index is 0.0568. The molecule has 126 valence electrons. The molecule has 0 saturated carbocycles. The van der Waals surface area contributed by atoms with Gasteiger partial charge in [0.1, 0.15) is 5.82 Å². The molecule has 2 heterocycles. The van der Waals surface area contributed by atoms with E-state index in [1.54, 1.807) is 0 Å². The predicted octanol–water partition coefficient (Wildman–Crippen LogP) is 3.31. The maximum absolute atomic E-state index is 12.1. The first-order chi connectivity index (χ1) is 11.4. The second-order valence-electron chi connectivity index (χ2n) is 7.36. The fourth-order valence-electron chi connectivity index (χ4n) is 2.97. The third-order valence-electron chi connectivity index (χ3n) is 4.42. The van der Waals surface area contributed by atoms with Crippen molar-refractivity contribution in [2.75, 3.05) is 11.4 Å². The van der Waals surface area contributed by atoms with Crippen molar-refractivity contribution in [3.8, 4) is 0 Å². The van der Waals surface area contributed by atoms with Gasteiger partial charge in [0, 0.05) is 36.8 Å². The van der Waals surface area contributed by atoms with Gasteiger partial charge in [0.05, 0.1) is 0 Å². The fraction of sp³-hybridized carbons (Fsp3) is 0.400. The second kappa shape index (κ2) is 6.63. The van der Waals surface area contributed by atoms with Crippen LogP contribution in [-0.2, 0) is 24.3 Å². The van der Waals surface area contributed by atoms with E-state index in [9.17, 15) is 4.79 Å². The van der Waals surface area contributed by atoms with Gasteiger partial charge >= 0.3 is 0 Å². The molecule has 1 amide bonds. The lowest BCUT2D eigenvalue weighted by Gasteiger charge is -2.31. The summed E-state index contributed by atoms with van der Waals surface area (Å²) in [4.78, 5) is 19.0. The molecule has 1 N–H and O–H groups in total. The van der Waals surface area contributed by atoms with Crippen LogP contribution in [0.2, 0.25) is 0 Å². The Kier molecular flexibility index (Phi) is 4.56. The first-order valence-corrected chi connectivity index (χ1v) is 8.49. The minimum atomic E-state index is -0.383. The Balaban J connectivity index is 1.77. The molecule has 1 aliphatic rings. The van der Waals surface area contributed by atoms with Gasteiger partial charge in [-0.3, -0.25) is 4.79 Å². The van der Waals surface area contributed by atoms with Crippen LogP contribution < -0.4 is 10.2 Å². The number of hydrogen-bond acceptors (Lipinski definition) is 3. The topological polar surface area (TPSA) is 45.2 Å². The average molecular weight is 323 g/mol. The minimum Gasteiger partial charge on any atom is -0.352 e. The molecule has 2 aromatic rings. The van der Waals surface area contributed by atoms with E-state index < -0.39 is 0 Å². The van der Waals surface area contributed by atoms with Crippen LogP contribution in [0.5, 0.6) is 0 Å². The second-order valence-corrected chi connectivity index (χ2v) is 7.36. The molecule has 1 aliphatic heterocycles. The van der Waals surface area contributed by atoms with E-state index in [4.69, 9.17) is 0 Å². The zero-order valence-electron chi connectivity index (χ0n) is 14.7.